The number of benzene rings is 1. The largest absolute Gasteiger partial charge is 0.496 e. The summed E-state index contributed by atoms with van der Waals surface area (Å²) in [7, 11) is 4.74. The second kappa shape index (κ2) is 10.6. The van der Waals surface area contributed by atoms with E-state index in [1.54, 1.807) is 81.1 Å². The number of fused-ring (bicyclic) bond motifs is 1. The van der Waals surface area contributed by atoms with Gasteiger partial charge in [-0.05, 0) is 12.1 Å². The monoisotopic (exact) mass is 463 g/mol. The molecule has 0 aliphatic rings. The van der Waals surface area contributed by atoms with Gasteiger partial charge in [-0.3, -0.25) is 14.5 Å². The number of rotatable bonds is 10. The SMILES string of the molecule is COCCn1cc(NC(=O)Cc2ccc(Oc3ccnc4cc(OC)ncc34)cc2OC)cn1. The van der Waals surface area contributed by atoms with Crippen LogP contribution in [0.1, 0.15) is 5.56 Å². The molecule has 1 aromatic carbocycles. The molecule has 1 amide bonds. The van der Waals surface area contributed by atoms with E-state index in [9.17, 15) is 4.79 Å². The van der Waals surface area contributed by atoms with E-state index in [0.29, 0.717) is 47.5 Å². The molecule has 10 nitrogen and oxygen atoms in total. The molecule has 0 unspecified atom stereocenters. The third-order valence-electron chi connectivity index (χ3n) is 5.05. The van der Waals surface area contributed by atoms with Crippen molar-refractivity contribution < 1.29 is 23.7 Å². The Morgan fingerprint density at radius 2 is 1.91 bits per heavy atom. The number of aromatic nitrogens is 4. The van der Waals surface area contributed by atoms with E-state index in [2.05, 4.69) is 20.4 Å². The number of carbonyl (C=O) groups excluding carboxylic acids is 1. The first-order valence-electron chi connectivity index (χ1n) is 10.5. The van der Waals surface area contributed by atoms with Crippen molar-refractivity contribution in [3.8, 4) is 23.1 Å². The third kappa shape index (κ3) is 5.41. The van der Waals surface area contributed by atoms with E-state index >= 15 is 0 Å². The number of pyridine rings is 2. The maximum absolute atomic E-state index is 12.6. The number of carbonyl (C=O) groups is 1. The number of hydrogen-bond acceptors (Lipinski definition) is 8. The van der Waals surface area contributed by atoms with Crippen LogP contribution in [0, 0.1) is 0 Å². The Morgan fingerprint density at radius 1 is 1.03 bits per heavy atom. The highest BCUT2D eigenvalue weighted by Gasteiger charge is 2.13. The summed E-state index contributed by atoms with van der Waals surface area (Å²) in [5.41, 5.74) is 2.05. The second-order valence-electron chi connectivity index (χ2n) is 7.34. The molecule has 0 aliphatic carbocycles. The molecule has 0 saturated heterocycles. The summed E-state index contributed by atoms with van der Waals surface area (Å²) in [6.07, 6.45) is 6.81. The fourth-order valence-corrected chi connectivity index (χ4v) is 3.37. The summed E-state index contributed by atoms with van der Waals surface area (Å²) in [6, 6.07) is 8.84. The Bertz CT molecular complexity index is 1290. The molecule has 0 aliphatic heterocycles. The van der Waals surface area contributed by atoms with Crippen LogP contribution in [0.2, 0.25) is 0 Å². The first-order chi connectivity index (χ1) is 16.6. The molecular weight excluding hydrogens is 438 g/mol. The van der Waals surface area contributed by atoms with Crippen molar-refractivity contribution in [2.24, 2.45) is 0 Å². The molecule has 4 aromatic rings. The Kier molecular flexibility index (Phi) is 7.19. The smallest absolute Gasteiger partial charge is 0.229 e. The first kappa shape index (κ1) is 23.0. The maximum Gasteiger partial charge on any atom is 0.229 e. The molecule has 0 fully saturated rings. The fourth-order valence-electron chi connectivity index (χ4n) is 3.37. The van der Waals surface area contributed by atoms with Gasteiger partial charge in [0.15, 0.2) is 0 Å². The minimum absolute atomic E-state index is 0.134. The van der Waals surface area contributed by atoms with Crippen molar-refractivity contribution >= 4 is 22.5 Å². The summed E-state index contributed by atoms with van der Waals surface area (Å²) >= 11 is 0. The molecule has 10 heteroatoms. The van der Waals surface area contributed by atoms with Crippen molar-refractivity contribution in [1.82, 2.24) is 19.7 Å². The van der Waals surface area contributed by atoms with Crippen LogP contribution in [0.5, 0.6) is 23.1 Å². The van der Waals surface area contributed by atoms with Crippen LogP contribution in [-0.2, 0) is 22.5 Å². The number of ether oxygens (including phenoxy) is 4. The van der Waals surface area contributed by atoms with Gasteiger partial charge in [-0.15, -0.1) is 0 Å². The van der Waals surface area contributed by atoms with E-state index in [-0.39, 0.29) is 12.3 Å². The first-order valence-corrected chi connectivity index (χ1v) is 10.5. The van der Waals surface area contributed by atoms with Gasteiger partial charge < -0.3 is 24.3 Å². The van der Waals surface area contributed by atoms with Gasteiger partial charge >= 0.3 is 0 Å². The highest BCUT2D eigenvalue weighted by Crippen LogP contribution is 2.32. The number of hydrogen-bond donors (Lipinski definition) is 1. The number of anilines is 1. The molecule has 0 saturated carbocycles. The summed E-state index contributed by atoms with van der Waals surface area (Å²) in [5, 5.41) is 7.79. The summed E-state index contributed by atoms with van der Waals surface area (Å²) in [5.74, 6) is 1.99. The molecule has 0 atom stereocenters. The van der Waals surface area contributed by atoms with Gasteiger partial charge in [0.25, 0.3) is 0 Å². The number of amides is 1. The zero-order valence-electron chi connectivity index (χ0n) is 19.1. The zero-order chi connectivity index (χ0) is 23.9. The van der Waals surface area contributed by atoms with E-state index in [1.807, 2.05) is 0 Å². The highest BCUT2D eigenvalue weighted by atomic mass is 16.5. The van der Waals surface area contributed by atoms with Gasteiger partial charge in [0.05, 0.1) is 56.6 Å². The lowest BCUT2D eigenvalue weighted by Crippen LogP contribution is -2.14. The van der Waals surface area contributed by atoms with Crippen molar-refractivity contribution in [2.45, 2.75) is 13.0 Å². The number of nitrogens with one attached hydrogen (secondary N) is 1. The van der Waals surface area contributed by atoms with Crippen LogP contribution in [0.15, 0.2) is 55.1 Å². The van der Waals surface area contributed by atoms with Crippen molar-refractivity contribution in [1.29, 1.82) is 0 Å². The normalized spacial score (nSPS) is 10.8. The Hall–Kier alpha value is -4.18. The molecule has 4 rings (SSSR count). The van der Waals surface area contributed by atoms with Gasteiger partial charge in [0.2, 0.25) is 11.8 Å². The molecule has 176 valence electrons. The third-order valence-corrected chi connectivity index (χ3v) is 5.05. The molecule has 0 spiro atoms. The number of methoxy groups -OCH3 is 3. The van der Waals surface area contributed by atoms with Crippen LogP contribution in [0.4, 0.5) is 5.69 Å². The van der Waals surface area contributed by atoms with Crippen LogP contribution in [0.25, 0.3) is 10.9 Å². The lowest BCUT2D eigenvalue weighted by molar-refractivity contribution is -0.115. The Labute approximate surface area is 196 Å². The summed E-state index contributed by atoms with van der Waals surface area (Å²) in [4.78, 5) is 21.1. The number of nitrogens with zero attached hydrogens (tertiary/aromatic N) is 4. The average Bonchev–Trinajstić information content (AvgIpc) is 3.30. The van der Waals surface area contributed by atoms with E-state index < -0.39 is 0 Å². The van der Waals surface area contributed by atoms with E-state index in [4.69, 9.17) is 18.9 Å². The van der Waals surface area contributed by atoms with E-state index in [1.165, 1.54) is 0 Å². The molecule has 0 bridgehead atoms. The van der Waals surface area contributed by atoms with Crippen molar-refractivity contribution in [3.05, 3.63) is 60.7 Å². The Morgan fingerprint density at radius 3 is 2.71 bits per heavy atom. The van der Waals surface area contributed by atoms with Crippen molar-refractivity contribution in [3.63, 3.8) is 0 Å². The van der Waals surface area contributed by atoms with Gasteiger partial charge in [0, 0.05) is 43.4 Å². The van der Waals surface area contributed by atoms with E-state index in [0.717, 1.165) is 10.9 Å². The quantitative estimate of drug-likeness (QED) is 0.381. The second-order valence-corrected chi connectivity index (χ2v) is 7.34. The molecule has 34 heavy (non-hydrogen) atoms. The minimum atomic E-state index is -0.182. The lowest BCUT2D eigenvalue weighted by atomic mass is 10.1. The Balaban J connectivity index is 1.46. The van der Waals surface area contributed by atoms with Crippen LogP contribution in [-0.4, -0.2) is 53.6 Å². The standard InChI is InChI=1S/C24H25N5O5/c1-31-9-8-29-15-17(13-27-29)28-23(30)10-16-4-5-18(11-22(16)32-2)34-21-6-7-25-20-12-24(33-3)26-14-19(20)21/h4-7,11-15H,8-10H2,1-3H3,(H,28,30). The predicted molar refractivity (Wildman–Crippen MR) is 126 cm³/mol. The summed E-state index contributed by atoms with van der Waals surface area (Å²) < 4.78 is 23.5. The molecule has 3 aromatic heterocycles. The van der Waals surface area contributed by atoms with Gasteiger partial charge in [0.1, 0.15) is 17.2 Å². The average molecular weight is 463 g/mol. The minimum Gasteiger partial charge on any atom is -0.496 e. The molecular formula is C24H25N5O5. The molecule has 3 heterocycles. The lowest BCUT2D eigenvalue weighted by Gasteiger charge is -2.13. The van der Waals surface area contributed by atoms with Crippen LogP contribution < -0.4 is 19.5 Å². The van der Waals surface area contributed by atoms with Gasteiger partial charge in [-0.1, -0.05) is 6.07 Å². The van der Waals surface area contributed by atoms with Gasteiger partial charge in [-0.25, -0.2) is 4.98 Å². The molecule has 0 radical (unpaired) electrons. The molecule has 1 N–H and O–H groups in total. The summed E-state index contributed by atoms with van der Waals surface area (Å²) in [6.45, 7) is 1.15. The predicted octanol–water partition coefficient (Wildman–Crippen LogP) is 3.46. The van der Waals surface area contributed by atoms with Crippen LogP contribution in [0.3, 0.4) is 0 Å². The highest BCUT2D eigenvalue weighted by molar-refractivity contribution is 5.92. The van der Waals surface area contributed by atoms with Gasteiger partial charge in [-0.2, -0.15) is 5.10 Å². The topological polar surface area (TPSA) is 110 Å². The fraction of sp³-hybridized carbons (Fsp3) is 0.250. The van der Waals surface area contributed by atoms with Crippen LogP contribution >= 0.6 is 0 Å². The van der Waals surface area contributed by atoms with Crippen molar-refractivity contribution in [2.75, 3.05) is 33.3 Å². The zero-order valence-corrected chi connectivity index (χ0v) is 19.1. The maximum atomic E-state index is 12.6.